The molecule has 0 radical (unpaired) electrons. The van der Waals surface area contributed by atoms with Crippen molar-refractivity contribution in [2.24, 2.45) is 0 Å². The lowest BCUT2D eigenvalue weighted by molar-refractivity contribution is -0.161. The second-order valence-electron chi connectivity index (χ2n) is 12.2. The Hall–Kier alpha value is -1.73. The van der Waals surface area contributed by atoms with Crippen molar-refractivity contribution in [3.05, 3.63) is 36.5 Å². The average molecular weight is 671 g/mol. The highest BCUT2D eigenvalue weighted by Crippen LogP contribution is 2.36. The van der Waals surface area contributed by atoms with Crippen molar-refractivity contribution >= 4 is 19.8 Å². The molecule has 8 nitrogen and oxygen atoms in total. The highest BCUT2D eigenvalue weighted by Gasteiger charge is 2.22. The monoisotopic (exact) mass is 670 g/mol. The molecule has 0 amide bonds. The lowest BCUT2D eigenvalue weighted by Gasteiger charge is -2.18. The first-order chi connectivity index (χ1) is 22.3. The second kappa shape index (κ2) is 33.2. The molecule has 46 heavy (non-hydrogen) atoms. The molecule has 0 unspecified atom stereocenters. The van der Waals surface area contributed by atoms with Gasteiger partial charge in [0.1, 0.15) is 6.61 Å². The van der Waals surface area contributed by atoms with E-state index in [0.29, 0.717) is 12.8 Å². The molecule has 0 aromatic heterocycles. The third kappa shape index (κ3) is 35.1. The minimum atomic E-state index is -4.75. The zero-order valence-corrected chi connectivity index (χ0v) is 30.1. The molecule has 0 bridgehead atoms. The van der Waals surface area contributed by atoms with Gasteiger partial charge in [-0.2, -0.15) is 0 Å². The van der Waals surface area contributed by atoms with Gasteiger partial charge in [0.15, 0.2) is 6.10 Å². The topological polar surface area (TPSA) is 119 Å². The molecule has 0 aromatic rings. The molecular formula is C37H67O8P. The molecule has 0 aliphatic heterocycles. The van der Waals surface area contributed by atoms with E-state index in [1.54, 1.807) is 0 Å². The number of carbonyl (C=O) groups excluding carboxylic acids is 2. The van der Waals surface area contributed by atoms with Gasteiger partial charge in [0.05, 0.1) is 6.61 Å². The predicted octanol–water partition coefficient (Wildman–Crippen LogP) is 10.6. The van der Waals surface area contributed by atoms with E-state index >= 15 is 0 Å². The van der Waals surface area contributed by atoms with E-state index in [1.807, 2.05) is 6.08 Å². The number of phosphoric acid groups is 1. The van der Waals surface area contributed by atoms with E-state index in [2.05, 4.69) is 48.8 Å². The zero-order chi connectivity index (χ0) is 34.0. The Labute approximate surface area is 281 Å². The number of hydrogen-bond donors (Lipinski definition) is 2. The van der Waals surface area contributed by atoms with E-state index < -0.39 is 32.5 Å². The number of esters is 2. The lowest BCUT2D eigenvalue weighted by atomic mass is 10.1. The van der Waals surface area contributed by atoms with Crippen molar-refractivity contribution in [3.63, 3.8) is 0 Å². The van der Waals surface area contributed by atoms with Crippen LogP contribution in [0, 0.1) is 0 Å². The predicted molar refractivity (Wildman–Crippen MR) is 188 cm³/mol. The fourth-order valence-electron chi connectivity index (χ4n) is 4.92. The molecule has 9 heteroatoms. The van der Waals surface area contributed by atoms with Crippen molar-refractivity contribution in [2.45, 2.75) is 174 Å². The van der Waals surface area contributed by atoms with Crippen LogP contribution in [-0.2, 0) is 28.2 Å². The molecule has 0 aliphatic carbocycles. The minimum absolute atomic E-state index is 0.197. The number of rotatable bonds is 33. The normalized spacial score (nSPS) is 12.9. The Morgan fingerprint density at radius 2 is 1.00 bits per heavy atom. The first-order valence-electron chi connectivity index (χ1n) is 18.3. The summed E-state index contributed by atoms with van der Waals surface area (Å²) in [6.07, 6.45) is 37.3. The van der Waals surface area contributed by atoms with Crippen LogP contribution in [0.5, 0.6) is 0 Å². The third-order valence-corrected chi connectivity index (χ3v) is 8.15. The average Bonchev–Trinajstić information content (AvgIpc) is 3.02. The SMILES string of the molecule is CCCCCCCC/C=C/C/C=C/C/C=C/CCCC(=O)OC[C@H](COP(=O)(O)O)OC(=O)CCCCCCCCCCCCC. The number of hydrogen-bond acceptors (Lipinski definition) is 6. The second-order valence-corrected chi connectivity index (χ2v) is 13.4. The van der Waals surface area contributed by atoms with Crippen LogP contribution in [0.3, 0.4) is 0 Å². The van der Waals surface area contributed by atoms with Crippen molar-refractivity contribution in [1.29, 1.82) is 0 Å². The standard InChI is InChI=1S/C37H67O8P/c1-3-5-7-9-11-13-15-16-17-18-19-20-22-23-25-27-29-31-36(38)43-33-35(34-44-46(40,41)42)45-37(39)32-30-28-26-24-21-14-12-10-8-6-4-2/h16-17,19-20,23,25,35H,3-15,18,21-22,24,26-34H2,1-2H3,(H2,40,41,42)/b17-16+,20-19+,25-23+/t35-/m1/s1. The summed E-state index contributed by atoms with van der Waals surface area (Å²) in [5, 5.41) is 0. The molecule has 0 aromatic carbocycles. The summed E-state index contributed by atoms with van der Waals surface area (Å²) in [5.41, 5.74) is 0. The van der Waals surface area contributed by atoms with E-state index in [-0.39, 0.29) is 19.4 Å². The van der Waals surface area contributed by atoms with Crippen molar-refractivity contribution in [3.8, 4) is 0 Å². The smallest absolute Gasteiger partial charge is 0.462 e. The van der Waals surface area contributed by atoms with Gasteiger partial charge in [0, 0.05) is 12.8 Å². The van der Waals surface area contributed by atoms with Crippen LogP contribution < -0.4 is 0 Å². The fourth-order valence-corrected chi connectivity index (χ4v) is 5.28. The van der Waals surface area contributed by atoms with Crippen LogP contribution in [0.1, 0.15) is 168 Å². The highest BCUT2D eigenvalue weighted by molar-refractivity contribution is 7.46. The van der Waals surface area contributed by atoms with E-state index in [0.717, 1.165) is 44.9 Å². The Bertz CT molecular complexity index is 848. The van der Waals surface area contributed by atoms with Crippen LogP contribution in [0.4, 0.5) is 0 Å². The van der Waals surface area contributed by atoms with Crippen molar-refractivity contribution in [1.82, 2.24) is 0 Å². The largest absolute Gasteiger partial charge is 0.469 e. The molecule has 268 valence electrons. The molecule has 0 heterocycles. The zero-order valence-electron chi connectivity index (χ0n) is 29.2. The number of unbranched alkanes of at least 4 members (excludes halogenated alkanes) is 17. The summed E-state index contributed by atoms with van der Waals surface area (Å²) < 4.78 is 26.2. The molecule has 0 saturated heterocycles. The molecule has 0 saturated carbocycles. The summed E-state index contributed by atoms with van der Waals surface area (Å²) in [5.74, 6) is -0.946. The highest BCUT2D eigenvalue weighted by atomic mass is 31.2. The lowest BCUT2D eigenvalue weighted by Crippen LogP contribution is -2.29. The Morgan fingerprint density at radius 1 is 0.565 bits per heavy atom. The van der Waals surface area contributed by atoms with Crippen LogP contribution >= 0.6 is 7.82 Å². The minimum Gasteiger partial charge on any atom is -0.462 e. The molecule has 2 N–H and O–H groups in total. The molecule has 0 spiro atoms. The number of phosphoric ester groups is 1. The van der Waals surface area contributed by atoms with Gasteiger partial charge in [-0.15, -0.1) is 0 Å². The number of allylic oxidation sites excluding steroid dienone is 6. The molecule has 0 rings (SSSR count). The summed E-state index contributed by atoms with van der Waals surface area (Å²) in [6, 6.07) is 0. The van der Waals surface area contributed by atoms with E-state index in [9.17, 15) is 14.2 Å². The van der Waals surface area contributed by atoms with E-state index in [4.69, 9.17) is 19.3 Å². The van der Waals surface area contributed by atoms with Crippen molar-refractivity contribution < 1.29 is 37.9 Å². The summed E-state index contributed by atoms with van der Waals surface area (Å²) in [7, 11) is -4.75. The molecule has 1 atom stereocenters. The Balaban J connectivity index is 4.06. The van der Waals surface area contributed by atoms with Gasteiger partial charge in [-0.3, -0.25) is 14.1 Å². The van der Waals surface area contributed by atoms with Crippen LogP contribution in [0.25, 0.3) is 0 Å². The van der Waals surface area contributed by atoms with Gasteiger partial charge < -0.3 is 19.3 Å². The van der Waals surface area contributed by atoms with Crippen molar-refractivity contribution in [2.75, 3.05) is 13.2 Å². The van der Waals surface area contributed by atoms with Gasteiger partial charge in [0.2, 0.25) is 0 Å². The maximum Gasteiger partial charge on any atom is 0.469 e. The number of carbonyl (C=O) groups is 2. The summed E-state index contributed by atoms with van der Waals surface area (Å²) >= 11 is 0. The fraction of sp³-hybridized carbons (Fsp3) is 0.784. The van der Waals surface area contributed by atoms with Gasteiger partial charge >= 0.3 is 19.8 Å². The first kappa shape index (κ1) is 44.3. The molecule has 0 aliphatic rings. The Kier molecular flexibility index (Phi) is 31.9. The van der Waals surface area contributed by atoms with Gasteiger partial charge in [-0.25, -0.2) is 4.57 Å². The van der Waals surface area contributed by atoms with Crippen LogP contribution in [-0.4, -0.2) is 41.0 Å². The van der Waals surface area contributed by atoms with Crippen LogP contribution in [0.15, 0.2) is 36.5 Å². The number of ether oxygens (including phenoxy) is 2. The molecule has 0 fully saturated rings. The van der Waals surface area contributed by atoms with Crippen LogP contribution in [0.2, 0.25) is 0 Å². The van der Waals surface area contributed by atoms with E-state index in [1.165, 1.54) is 83.5 Å². The quantitative estimate of drug-likeness (QED) is 0.0306. The van der Waals surface area contributed by atoms with Gasteiger partial charge in [0.25, 0.3) is 0 Å². The molecular weight excluding hydrogens is 603 g/mol. The summed E-state index contributed by atoms with van der Waals surface area (Å²) in [4.78, 5) is 42.6. The van der Waals surface area contributed by atoms with Gasteiger partial charge in [-0.05, 0) is 44.9 Å². The third-order valence-electron chi connectivity index (χ3n) is 7.66. The maximum absolute atomic E-state index is 12.3. The Morgan fingerprint density at radius 3 is 1.52 bits per heavy atom. The summed E-state index contributed by atoms with van der Waals surface area (Å²) in [6.45, 7) is 3.61. The maximum atomic E-state index is 12.3. The first-order valence-corrected chi connectivity index (χ1v) is 19.8. The van der Waals surface area contributed by atoms with Gasteiger partial charge in [-0.1, -0.05) is 147 Å².